The summed E-state index contributed by atoms with van der Waals surface area (Å²) >= 11 is 0. The van der Waals surface area contributed by atoms with Gasteiger partial charge in [-0.15, -0.1) is 0 Å². The molecule has 100 valence electrons. The van der Waals surface area contributed by atoms with Crippen molar-refractivity contribution >= 4 is 22.6 Å². The quantitative estimate of drug-likeness (QED) is 0.577. The van der Waals surface area contributed by atoms with Gasteiger partial charge in [0.15, 0.2) is 11.6 Å². The number of rotatable bonds is 3. The Morgan fingerprint density at radius 1 is 1.10 bits per heavy atom. The van der Waals surface area contributed by atoms with Crippen molar-refractivity contribution in [1.29, 1.82) is 0 Å². The summed E-state index contributed by atoms with van der Waals surface area (Å²) in [7, 11) is 0. The van der Waals surface area contributed by atoms with Gasteiger partial charge in [0.25, 0.3) is 5.69 Å². The van der Waals surface area contributed by atoms with E-state index < -0.39 is 15.7 Å². The minimum absolute atomic E-state index is 0.0824. The van der Waals surface area contributed by atoms with Crippen LogP contribution < -0.4 is 0 Å². The average molecular weight is 274 g/mol. The van der Waals surface area contributed by atoms with Gasteiger partial charge in [-0.05, 0) is 12.1 Å². The normalized spacial score (nSPS) is 10.8. The third kappa shape index (κ3) is 1.86. The maximum atomic E-state index is 10.7. The number of nitrogens with one attached hydrogen (secondary N) is 1. The standard InChI is InChI=1S/C11H6N4O5/c16-14(17)6-1-2-7-8(5-6)13-11(12-7)9-3-4-10(20-9)15(18)19/h1-5H,(H,12,13). The Bertz CT molecular complexity index is 834. The Hall–Kier alpha value is -3.23. The lowest BCUT2D eigenvalue weighted by Crippen LogP contribution is -1.86. The molecule has 0 saturated heterocycles. The lowest BCUT2D eigenvalue weighted by molar-refractivity contribution is -0.401. The molecule has 0 spiro atoms. The fourth-order valence-corrected chi connectivity index (χ4v) is 1.78. The minimum atomic E-state index is -0.656. The molecule has 9 nitrogen and oxygen atoms in total. The van der Waals surface area contributed by atoms with Crippen LogP contribution in [-0.2, 0) is 0 Å². The van der Waals surface area contributed by atoms with Gasteiger partial charge in [-0.25, -0.2) is 4.98 Å². The Kier molecular flexibility index (Phi) is 2.46. The molecule has 0 amide bonds. The molecule has 2 aromatic heterocycles. The molecule has 3 rings (SSSR count). The lowest BCUT2D eigenvalue weighted by Gasteiger charge is -1.89. The zero-order valence-electron chi connectivity index (χ0n) is 9.77. The first-order valence-electron chi connectivity index (χ1n) is 5.43. The van der Waals surface area contributed by atoms with E-state index in [4.69, 9.17) is 4.42 Å². The lowest BCUT2D eigenvalue weighted by atomic mass is 10.3. The van der Waals surface area contributed by atoms with Gasteiger partial charge in [-0.2, -0.15) is 0 Å². The molecule has 3 aromatic rings. The van der Waals surface area contributed by atoms with Gasteiger partial charge in [0.2, 0.25) is 0 Å². The Labute approximate surface area is 110 Å². The number of nitro benzene ring substituents is 1. The molecule has 0 atom stereocenters. The number of non-ortho nitro benzene ring substituents is 1. The third-order valence-corrected chi connectivity index (χ3v) is 2.68. The molecule has 0 aliphatic heterocycles. The van der Waals surface area contributed by atoms with Gasteiger partial charge in [0.1, 0.15) is 4.92 Å². The molecule has 1 aromatic carbocycles. The second-order valence-corrected chi connectivity index (χ2v) is 3.94. The molecule has 2 heterocycles. The smallest absolute Gasteiger partial charge is 0.397 e. The number of fused-ring (bicyclic) bond motifs is 1. The van der Waals surface area contributed by atoms with E-state index in [1.54, 1.807) is 0 Å². The van der Waals surface area contributed by atoms with E-state index in [2.05, 4.69) is 9.97 Å². The topological polar surface area (TPSA) is 128 Å². The number of nitrogens with zero attached hydrogens (tertiary/aromatic N) is 3. The van der Waals surface area contributed by atoms with E-state index in [9.17, 15) is 20.2 Å². The maximum Gasteiger partial charge on any atom is 0.433 e. The fourth-order valence-electron chi connectivity index (χ4n) is 1.78. The van der Waals surface area contributed by atoms with Crippen molar-refractivity contribution in [3.8, 4) is 11.6 Å². The number of aromatic nitrogens is 2. The summed E-state index contributed by atoms with van der Waals surface area (Å²) < 4.78 is 5.01. The summed E-state index contributed by atoms with van der Waals surface area (Å²) in [6, 6.07) is 6.79. The number of aromatic amines is 1. The van der Waals surface area contributed by atoms with Crippen molar-refractivity contribution in [3.63, 3.8) is 0 Å². The van der Waals surface area contributed by atoms with E-state index >= 15 is 0 Å². The highest BCUT2D eigenvalue weighted by Crippen LogP contribution is 2.27. The van der Waals surface area contributed by atoms with Gasteiger partial charge in [0, 0.05) is 12.1 Å². The number of imidazole rings is 1. The summed E-state index contributed by atoms with van der Waals surface area (Å²) in [5, 5.41) is 21.2. The zero-order valence-corrected chi connectivity index (χ0v) is 9.77. The summed E-state index contributed by atoms with van der Waals surface area (Å²) in [6.07, 6.45) is 0. The third-order valence-electron chi connectivity index (χ3n) is 2.68. The van der Waals surface area contributed by atoms with Gasteiger partial charge in [-0.1, -0.05) is 0 Å². The van der Waals surface area contributed by atoms with Crippen molar-refractivity contribution < 1.29 is 14.3 Å². The van der Waals surface area contributed by atoms with Crippen LogP contribution in [-0.4, -0.2) is 19.8 Å². The number of furan rings is 1. The highest BCUT2D eigenvalue weighted by Gasteiger charge is 2.16. The summed E-state index contributed by atoms with van der Waals surface area (Å²) in [4.78, 5) is 27.0. The average Bonchev–Trinajstić information content (AvgIpc) is 3.04. The van der Waals surface area contributed by atoms with Crippen molar-refractivity contribution in [2.24, 2.45) is 0 Å². The largest absolute Gasteiger partial charge is 0.433 e. The predicted molar refractivity (Wildman–Crippen MR) is 67.1 cm³/mol. The van der Waals surface area contributed by atoms with E-state index in [0.717, 1.165) is 0 Å². The summed E-state index contributed by atoms with van der Waals surface area (Å²) in [5.41, 5.74) is 0.874. The van der Waals surface area contributed by atoms with E-state index in [0.29, 0.717) is 11.0 Å². The molecular formula is C11H6N4O5. The van der Waals surface area contributed by atoms with E-state index in [1.165, 1.54) is 30.3 Å². The second-order valence-electron chi connectivity index (χ2n) is 3.94. The van der Waals surface area contributed by atoms with E-state index in [1.807, 2.05) is 0 Å². The summed E-state index contributed by atoms with van der Waals surface area (Å²) in [6.45, 7) is 0. The van der Waals surface area contributed by atoms with Crippen LogP contribution in [0.15, 0.2) is 34.7 Å². The van der Waals surface area contributed by atoms with Crippen LogP contribution in [0.2, 0.25) is 0 Å². The van der Waals surface area contributed by atoms with Gasteiger partial charge < -0.3 is 9.40 Å². The predicted octanol–water partition coefficient (Wildman–Crippen LogP) is 2.64. The van der Waals surface area contributed by atoms with Gasteiger partial charge in [0.05, 0.1) is 22.0 Å². The Morgan fingerprint density at radius 2 is 1.90 bits per heavy atom. The first-order valence-corrected chi connectivity index (χ1v) is 5.43. The molecule has 1 N–H and O–H groups in total. The molecule has 0 aliphatic carbocycles. The Balaban J connectivity index is 2.07. The molecule has 0 aliphatic rings. The van der Waals surface area contributed by atoms with Gasteiger partial charge in [-0.3, -0.25) is 20.2 Å². The van der Waals surface area contributed by atoms with E-state index in [-0.39, 0.29) is 17.3 Å². The van der Waals surface area contributed by atoms with Crippen LogP contribution in [0.5, 0.6) is 0 Å². The SMILES string of the molecule is O=[N+]([O-])c1ccc2[nH]c(-c3ccc([N+](=O)[O-])o3)nc2c1. The van der Waals surface area contributed by atoms with Crippen LogP contribution in [0, 0.1) is 20.2 Å². The zero-order chi connectivity index (χ0) is 14.3. The summed E-state index contributed by atoms with van der Waals surface area (Å²) in [5.74, 6) is 0.0654. The van der Waals surface area contributed by atoms with Crippen molar-refractivity contribution in [2.45, 2.75) is 0 Å². The van der Waals surface area contributed by atoms with Crippen LogP contribution >= 0.6 is 0 Å². The van der Waals surface area contributed by atoms with Crippen LogP contribution in [0.4, 0.5) is 11.6 Å². The molecule has 9 heteroatoms. The number of nitro groups is 2. The fraction of sp³-hybridized carbons (Fsp3) is 0. The second kappa shape index (κ2) is 4.16. The van der Waals surface area contributed by atoms with Crippen molar-refractivity contribution in [1.82, 2.24) is 9.97 Å². The molecule has 0 bridgehead atoms. The molecular weight excluding hydrogens is 268 g/mol. The first kappa shape index (κ1) is 11.8. The highest BCUT2D eigenvalue weighted by molar-refractivity contribution is 5.80. The van der Waals surface area contributed by atoms with Crippen LogP contribution in [0.25, 0.3) is 22.6 Å². The molecule has 20 heavy (non-hydrogen) atoms. The van der Waals surface area contributed by atoms with Crippen LogP contribution in [0.3, 0.4) is 0 Å². The number of hydrogen-bond acceptors (Lipinski definition) is 6. The Morgan fingerprint density at radius 3 is 2.55 bits per heavy atom. The molecule has 0 fully saturated rings. The first-order chi connectivity index (χ1) is 9.54. The monoisotopic (exact) mass is 274 g/mol. The van der Waals surface area contributed by atoms with Gasteiger partial charge >= 0.3 is 5.88 Å². The highest BCUT2D eigenvalue weighted by atomic mass is 16.6. The number of H-pyrrole nitrogens is 1. The van der Waals surface area contributed by atoms with Crippen LogP contribution in [0.1, 0.15) is 0 Å². The molecule has 0 radical (unpaired) electrons. The minimum Gasteiger partial charge on any atom is -0.397 e. The number of hydrogen-bond donors (Lipinski definition) is 1. The molecule has 0 unspecified atom stereocenters. The molecule has 0 saturated carbocycles. The maximum absolute atomic E-state index is 10.7. The number of benzene rings is 1. The van der Waals surface area contributed by atoms with Crippen molar-refractivity contribution in [2.75, 3.05) is 0 Å². The van der Waals surface area contributed by atoms with Crippen molar-refractivity contribution in [3.05, 3.63) is 50.6 Å².